The maximum atomic E-state index is 2.59. The summed E-state index contributed by atoms with van der Waals surface area (Å²) in [5, 5.41) is 0. The van der Waals surface area contributed by atoms with E-state index >= 15 is 0 Å². The molecule has 0 radical (unpaired) electrons. The summed E-state index contributed by atoms with van der Waals surface area (Å²) >= 11 is 0. The van der Waals surface area contributed by atoms with Gasteiger partial charge in [0.05, 0.1) is 0 Å². The van der Waals surface area contributed by atoms with Crippen molar-refractivity contribution >= 4 is 0 Å². The monoisotopic (exact) mass is 439 g/mol. The topological polar surface area (TPSA) is 3.88 Å². The highest BCUT2D eigenvalue weighted by molar-refractivity contribution is 5.80. The number of aromatic nitrogens is 1. The number of aryl methyl sites for hydroxylation is 1. The molecule has 0 N–H and O–H groups in total. The molecule has 0 fully saturated rings. The molecule has 0 aliphatic heterocycles. The number of benzene rings is 3. The first-order valence-electron chi connectivity index (χ1n) is 11.3. The largest absolute Gasteiger partial charge is 1.00 e. The van der Waals surface area contributed by atoms with Gasteiger partial charge in [-0.15, -0.1) is 0 Å². The van der Waals surface area contributed by atoms with Crippen LogP contribution in [0.5, 0.6) is 0 Å². The minimum Gasteiger partial charge on any atom is -1.00 e. The first-order valence-corrected chi connectivity index (χ1v) is 11.3. The fourth-order valence-electron chi connectivity index (χ4n) is 4.86. The number of hydrogen-bond acceptors (Lipinski definition) is 0. The average Bonchev–Trinajstić information content (AvgIpc) is 2.79. The minimum atomic E-state index is 0. The van der Waals surface area contributed by atoms with E-state index in [0.717, 1.165) is 19.4 Å². The van der Waals surface area contributed by atoms with E-state index in [1.54, 1.807) is 0 Å². The third kappa shape index (κ3) is 4.23. The van der Waals surface area contributed by atoms with E-state index in [1.165, 1.54) is 44.8 Å². The van der Waals surface area contributed by atoms with Crippen LogP contribution in [-0.2, 0) is 19.4 Å². The van der Waals surface area contributed by atoms with Crippen LogP contribution >= 0.6 is 0 Å². The van der Waals surface area contributed by atoms with E-state index in [9.17, 15) is 0 Å². The Kier molecular flexibility index (Phi) is 6.22. The Morgan fingerprint density at radius 3 is 1.94 bits per heavy atom. The highest BCUT2D eigenvalue weighted by Crippen LogP contribution is 2.39. The van der Waals surface area contributed by atoms with Crippen LogP contribution in [0.4, 0.5) is 0 Å². The van der Waals surface area contributed by atoms with Crippen molar-refractivity contribution in [3.8, 4) is 33.6 Å². The highest BCUT2D eigenvalue weighted by Gasteiger charge is 2.33. The molecule has 1 aliphatic rings. The summed E-state index contributed by atoms with van der Waals surface area (Å²) in [7, 11) is 0. The normalized spacial score (nSPS) is 12.5. The molecule has 32 heavy (non-hydrogen) atoms. The molecule has 0 bridgehead atoms. The molecule has 3 aromatic carbocycles. The summed E-state index contributed by atoms with van der Waals surface area (Å²) < 4.78 is 2.59. The molecule has 0 amide bonds. The number of pyridine rings is 1. The van der Waals surface area contributed by atoms with E-state index in [1.807, 2.05) is 0 Å². The second-order valence-corrected chi connectivity index (χ2v) is 9.81. The van der Waals surface area contributed by atoms with Crippen LogP contribution in [0.3, 0.4) is 0 Å². The van der Waals surface area contributed by atoms with Gasteiger partial charge >= 0.3 is 0 Å². The van der Waals surface area contributed by atoms with Crippen LogP contribution in [0.25, 0.3) is 33.6 Å². The molecule has 0 unspecified atom stereocenters. The summed E-state index contributed by atoms with van der Waals surface area (Å²) in [6.07, 6.45) is 2.18. The lowest BCUT2D eigenvalue weighted by Gasteiger charge is -2.25. The second-order valence-electron chi connectivity index (χ2n) is 9.81. The Labute approximate surface area is 198 Å². The van der Waals surface area contributed by atoms with Crippen LogP contribution in [0.1, 0.15) is 31.9 Å². The van der Waals surface area contributed by atoms with Crippen molar-refractivity contribution in [3.63, 3.8) is 0 Å². The van der Waals surface area contributed by atoms with Crippen LogP contribution in [-0.4, -0.2) is 0 Å². The van der Waals surface area contributed by atoms with Crippen molar-refractivity contribution in [3.05, 3.63) is 102 Å². The van der Waals surface area contributed by atoms with Crippen molar-refractivity contribution < 1.29 is 17.0 Å². The van der Waals surface area contributed by atoms with Crippen LogP contribution in [0.2, 0.25) is 0 Å². The molecule has 162 valence electrons. The molecule has 1 aliphatic carbocycles. The third-order valence-electron chi connectivity index (χ3n) is 6.16. The molecule has 1 heterocycles. The van der Waals surface area contributed by atoms with Crippen molar-refractivity contribution in [2.45, 2.75) is 40.2 Å². The number of fused-ring (bicyclic) bond motifs is 3. The Morgan fingerprint density at radius 2 is 1.28 bits per heavy atom. The summed E-state index contributed by atoms with van der Waals surface area (Å²) in [5.41, 5.74) is 11.1. The maximum Gasteiger partial charge on any atom is 0.217 e. The smallest absolute Gasteiger partial charge is 0.217 e. The number of halogens is 1. The van der Waals surface area contributed by atoms with Crippen LogP contribution in [0.15, 0.2) is 91.0 Å². The minimum absolute atomic E-state index is 0. The van der Waals surface area contributed by atoms with Crippen molar-refractivity contribution in [1.29, 1.82) is 0 Å². The van der Waals surface area contributed by atoms with Gasteiger partial charge in [0, 0.05) is 28.2 Å². The zero-order chi connectivity index (χ0) is 21.4. The number of rotatable bonds is 3. The first kappa shape index (κ1) is 22.3. The van der Waals surface area contributed by atoms with E-state index in [0.29, 0.717) is 0 Å². The Morgan fingerprint density at radius 1 is 0.688 bits per heavy atom. The molecule has 5 rings (SSSR count). The van der Waals surface area contributed by atoms with E-state index < -0.39 is 0 Å². The van der Waals surface area contributed by atoms with Crippen LogP contribution < -0.4 is 17.0 Å². The molecule has 0 spiro atoms. The van der Waals surface area contributed by atoms with E-state index in [-0.39, 0.29) is 17.8 Å². The number of hydrogen-bond donors (Lipinski definition) is 0. The molecule has 1 nitrogen and oxygen atoms in total. The zero-order valence-electron chi connectivity index (χ0n) is 19.1. The lowest BCUT2D eigenvalue weighted by Crippen LogP contribution is -3.00. The van der Waals surface area contributed by atoms with Gasteiger partial charge in [-0.1, -0.05) is 87.5 Å². The predicted molar refractivity (Wildman–Crippen MR) is 130 cm³/mol. The lowest BCUT2D eigenvalue weighted by atomic mass is 9.83. The van der Waals surface area contributed by atoms with Crippen molar-refractivity contribution in [2.75, 3.05) is 0 Å². The molecule has 0 saturated carbocycles. The highest BCUT2D eigenvalue weighted by atomic mass is 35.5. The SMILES string of the molecule is CC(C)(C)C[n+]1c(-c2ccccc2)cc(-c2ccccc2)c2c1-c1ccccc1CC2.[Cl-]. The summed E-state index contributed by atoms with van der Waals surface area (Å²) in [6.45, 7) is 7.98. The Bertz CT molecular complexity index is 1220. The Hall–Kier alpha value is -2.90. The summed E-state index contributed by atoms with van der Waals surface area (Å²) in [5.74, 6) is 0. The number of nitrogens with zero attached hydrogens (tertiary/aromatic N) is 1. The van der Waals surface area contributed by atoms with Crippen LogP contribution in [0, 0.1) is 5.41 Å². The maximum absolute atomic E-state index is 2.59. The first-order chi connectivity index (χ1) is 15.0. The Balaban J connectivity index is 0.00000245. The molecular formula is C30H30ClN. The average molecular weight is 440 g/mol. The van der Waals surface area contributed by atoms with Gasteiger partial charge in [-0.05, 0) is 47.7 Å². The lowest BCUT2D eigenvalue weighted by molar-refractivity contribution is -0.687. The van der Waals surface area contributed by atoms with Gasteiger partial charge in [-0.2, -0.15) is 4.57 Å². The van der Waals surface area contributed by atoms with Gasteiger partial charge in [0.25, 0.3) is 0 Å². The van der Waals surface area contributed by atoms with Gasteiger partial charge in [0.1, 0.15) is 0 Å². The second kappa shape index (κ2) is 8.92. The zero-order valence-corrected chi connectivity index (χ0v) is 19.9. The standard InChI is InChI=1S/C30H30N.ClH/c1-30(2,3)21-31-28(24-15-8-5-9-16-24)20-27(22-12-6-4-7-13-22)26-19-18-23-14-10-11-17-25(23)29(26)31;/h4-17,20H,18-19,21H2,1-3H3;1H/q+1;/p-1. The molecule has 4 aromatic rings. The van der Waals surface area contributed by atoms with Gasteiger partial charge in [0.2, 0.25) is 11.4 Å². The van der Waals surface area contributed by atoms with E-state index in [2.05, 4.69) is 116 Å². The van der Waals surface area contributed by atoms with E-state index in [4.69, 9.17) is 0 Å². The molecule has 0 atom stereocenters. The van der Waals surface area contributed by atoms with Gasteiger partial charge < -0.3 is 12.4 Å². The molecule has 1 aromatic heterocycles. The van der Waals surface area contributed by atoms with Gasteiger partial charge in [-0.25, -0.2) is 0 Å². The molecule has 0 saturated heterocycles. The summed E-state index contributed by atoms with van der Waals surface area (Å²) in [4.78, 5) is 0. The molecule has 2 heteroatoms. The third-order valence-corrected chi connectivity index (χ3v) is 6.16. The predicted octanol–water partition coefficient (Wildman–Crippen LogP) is 4.12. The summed E-state index contributed by atoms with van der Waals surface area (Å²) in [6, 6.07) is 33.2. The fraction of sp³-hybridized carbons (Fsp3) is 0.233. The fourth-order valence-corrected chi connectivity index (χ4v) is 4.86. The van der Waals surface area contributed by atoms with Gasteiger partial charge in [-0.3, -0.25) is 0 Å². The van der Waals surface area contributed by atoms with Crippen molar-refractivity contribution in [1.82, 2.24) is 0 Å². The molecular weight excluding hydrogens is 410 g/mol. The van der Waals surface area contributed by atoms with Gasteiger partial charge in [0.15, 0.2) is 6.54 Å². The quantitative estimate of drug-likeness (QED) is 0.423. The van der Waals surface area contributed by atoms with Crippen molar-refractivity contribution in [2.24, 2.45) is 5.41 Å².